The fourth-order valence-electron chi connectivity index (χ4n) is 1.15. The Morgan fingerprint density at radius 2 is 2.24 bits per heavy atom. The molecule has 0 fully saturated rings. The van der Waals surface area contributed by atoms with Crippen molar-refractivity contribution < 1.29 is 19.4 Å². The number of carboxylic acid groups (broad SMARTS) is 1. The summed E-state index contributed by atoms with van der Waals surface area (Å²) >= 11 is 5.73. The number of nitrogens with one attached hydrogen (secondary N) is 1. The summed E-state index contributed by atoms with van der Waals surface area (Å²) in [4.78, 5) is 22.0. The number of carbonyl (C=O) groups is 2. The van der Waals surface area contributed by atoms with Gasteiger partial charge in [0.05, 0.1) is 0 Å². The summed E-state index contributed by atoms with van der Waals surface area (Å²) in [5.41, 5.74) is 0.447. The number of amides is 1. The molecule has 17 heavy (non-hydrogen) atoms. The van der Waals surface area contributed by atoms with E-state index in [2.05, 4.69) is 5.32 Å². The summed E-state index contributed by atoms with van der Waals surface area (Å²) in [6.07, 6.45) is -1.76. The molecule has 1 amide bonds. The van der Waals surface area contributed by atoms with E-state index in [-0.39, 0.29) is 6.42 Å². The van der Waals surface area contributed by atoms with E-state index in [1.165, 1.54) is 6.07 Å². The molecule has 1 aromatic carbocycles. The van der Waals surface area contributed by atoms with Gasteiger partial charge in [0, 0.05) is 10.7 Å². The monoisotopic (exact) mass is 257 g/mol. The highest BCUT2D eigenvalue weighted by Crippen LogP contribution is 2.15. The van der Waals surface area contributed by atoms with Crippen molar-refractivity contribution in [1.82, 2.24) is 0 Å². The molecule has 0 aliphatic carbocycles. The van der Waals surface area contributed by atoms with Gasteiger partial charge in [-0.05, 0) is 24.6 Å². The smallest absolute Gasteiger partial charge is 0.412 e. The van der Waals surface area contributed by atoms with Crippen LogP contribution in [0, 0.1) is 0 Å². The van der Waals surface area contributed by atoms with Crippen molar-refractivity contribution in [2.45, 2.75) is 19.4 Å². The van der Waals surface area contributed by atoms with Gasteiger partial charge in [0.15, 0.2) is 6.10 Å². The average molecular weight is 258 g/mol. The number of ether oxygens (including phenoxy) is 1. The van der Waals surface area contributed by atoms with Crippen LogP contribution >= 0.6 is 11.6 Å². The molecule has 0 aromatic heterocycles. The number of anilines is 1. The van der Waals surface area contributed by atoms with Gasteiger partial charge in [-0.25, -0.2) is 9.59 Å². The summed E-state index contributed by atoms with van der Waals surface area (Å²) in [6.45, 7) is 1.62. The Hall–Kier alpha value is -1.75. The van der Waals surface area contributed by atoms with Gasteiger partial charge in [-0.3, -0.25) is 5.32 Å². The molecule has 0 saturated heterocycles. The first kappa shape index (κ1) is 13.3. The maximum absolute atomic E-state index is 11.4. The van der Waals surface area contributed by atoms with Crippen molar-refractivity contribution in [1.29, 1.82) is 0 Å². The van der Waals surface area contributed by atoms with Crippen LogP contribution in [0.2, 0.25) is 5.02 Å². The van der Waals surface area contributed by atoms with Gasteiger partial charge in [0.2, 0.25) is 0 Å². The third-order valence-electron chi connectivity index (χ3n) is 1.97. The second-order valence-corrected chi connectivity index (χ2v) is 3.71. The van der Waals surface area contributed by atoms with E-state index >= 15 is 0 Å². The molecular formula is C11H12ClNO4. The third kappa shape index (κ3) is 4.32. The number of halogens is 1. The topological polar surface area (TPSA) is 75.6 Å². The predicted octanol–water partition coefficient (Wildman–Crippen LogP) is 2.75. The number of hydrogen-bond donors (Lipinski definition) is 2. The Morgan fingerprint density at radius 3 is 2.76 bits per heavy atom. The lowest BCUT2D eigenvalue weighted by molar-refractivity contribution is -0.146. The molecule has 1 unspecified atom stereocenters. The van der Waals surface area contributed by atoms with Crippen LogP contribution in [-0.2, 0) is 9.53 Å². The van der Waals surface area contributed by atoms with Crippen molar-refractivity contribution in [3.63, 3.8) is 0 Å². The lowest BCUT2D eigenvalue weighted by atomic mass is 10.3. The summed E-state index contributed by atoms with van der Waals surface area (Å²) in [6, 6.07) is 6.47. The first-order valence-corrected chi connectivity index (χ1v) is 5.36. The normalized spacial score (nSPS) is 11.6. The molecule has 92 valence electrons. The second-order valence-electron chi connectivity index (χ2n) is 3.28. The molecule has 1 rings (SSSR count). The Balaban J connectivity index is 2.58. The molecule has 2 N–H and O–H groups in total. The Morgan fingerprint density at radius 1 is 1.53 bits per heavy atom. The molecule has 0 saturated carbocycles. The molecule has 5 nitrogen and oxygen atoms in total. The molecule has 1 atom stereocenters. The van der Waals surface area contributed by atoms with Crippen LogP contribution in [0.3, 0.4) is 0 Å². The quantitative estimate of drug-likeness (QED) is 0.870. The first-order chi connectivity index (χ1) is 8.02. The van der Waals surface area contributed by atoms with Crippen molar-refractivity contribution in [2.75, 3.05) is 5.32 Å². The highest BCUT2D eigenvalue weighted by molar-refractivity contribution is 6.30. The average Bonchev–Trinajstić information content (AvgIpc) is 2.25. The van der Waals surface area contributed by atoms with Crippen molar-refractivity contribution >= 4 is 29.4 Å². The van der Waals surface area contributed by atoms with Gasteiger partial charge in [-0.1, -0.05) is 24.6 Å². The van der Waals surface area contributed by atoms with Gasteiger partial charge in [0.25, 0.3) is 0 Å². The van der Waals surface area contributed by atoms with Crippen molar-refractivity contribution in [3.05, 3.63) is 29.3 Å². The minimum Gasteiger partial charge on any atom is -0.479 e. The van der Waals surface area contributed by atoms with Gasteiger partial charge in [0.1, 0.15) is 0 Å². The molecule has 6 heteroatoms. The summed E-state index contributed by atoms with van der Waals surface area (Å²) in [5.74, 6) is -1.17. The van der Waals surface area contributed by atoms with Crippen molar-refractivity contribution in [3.8, 4) is 0 Å². The molecule has 0 spiro atoms. The zero-order chi connectivity index (χ0) is 12.8. The number of hydrogen-bond acceptors (Lipinski definition) is 3. The number of rotatable bonds is 4. The Bertz CT molecular complexity index is 422. The van der Waals surface area contributed by atoms with Crippen LogP contribution in [-0.4, -0.2) is 23.3 Å². The fraction of sp³-hybridized carbons (Fsp3) is 0.273. The van der Waals surface area contributed by atoms with E-state index in [4.69, 9.17) is 21.4 Å². The Labute approximate surface area is 103 Å². The molecule has 0 bridgehead atoms. The molecule has 0 aliphatic heterocycles. The predicted molar refractivity (Wildman–Crippen MR) is 63.3 cm³/mol. The Kier molecular flexibility index (Phi) is 4.78. The number of benzene rings is 1. The lowest BCUT2D eigenvalue weighted by Crippen LogP contribution is -2.28. The van der Waals surface area contributed by atoms with Crippen LogP contribution in [0.25, 0.3) is 0 Å². The summed E-state index contributed by atoms with van der Waals surface area (Å²) < 4.78 is 4.71. The molecule has 1 aromatic rings. The molecular weight excluding hydrogens is 246 g/mol. The van der Waals surface area contributed by atoms with Gasteiger partial charge in [-0.2, -0.15) is 0 Å². The zero-order valence-electron chi connectivity index (χ0n) is 9.14. The minimum atomic E-state index is -1.17. The first-order valence-electron chi connectivity index (χ1n) is 4.99. The van der Waals surface area contributed by atoms with Gasteiger partial charge < -0.3 is 9.84 Å². The van der Waals surface area contributed by atoms with Crippen LogP contribution in [0.15, 0.2) is 24.3 Å². The maximum Gasteiger partial charge on any atom is 0.412 e. The lowest BCUT2D eigenvalue weighted by Gasteiger charge is -2.12. The van der Waals surface area contributed by atoms with E-state index < -0.39 is 18.2 Å². The summed E-state index contributed by atoms with van der Waals surface area (Å²) in [5, 5.41) is 11.6. The minimum absolute atomic E-state index is 0.207. The molecule has 0 aliphatic rings. The maximum atomic E-state index is 11.4. The SMILES string of the molecule is CCC(OC(=O)Nc1cccc(Cl)c1)C(=O)O. The highest BCUT2D eigenvalue weighted by atomic mass is 35.5. The number of aliphatic carboxylic acids is 1. The van der Waals surface area contributed by atoms with E-state index in [1.807, 2.05) is 0 Å². The number of carbonyl (C=O) groups excluding carboxylic acids is 1. The molecule has 0 heterocycles. The van der Waals surface area contributed by atoms with Crippen LogP contribution in [0.5, 0.6) is 0 Å². The van der Waals surface area contributed by atoms with E-state index in [0.717, 1.165) is 0 Å². The van der Waals surface area contributed by atoms with E-state index in [9.17, 15) is 9.59 Å². The third-order valence-corrected chi connectivity index (χ3v) is 2.20. The van der Waals surface area contributed by atoms with E-state index in [1.54, 1.807) is 25.1 Å². The van der Waals surface area contributed by atoms with Crippen LogP contribution < -0.4 is 5.32 Å². The van der Waals surface area contributed by atoms with Gasteiger partial charge >= 0.3 is 12.1 Å². The largest absolute Gasteiger partial charge is 0.479 e. The van der Waals surface area contributed by atoms with E-state index in [0.29, 0.717) is 10.7 Å². The van der Waals surface area contributed by atoms with Crippen LogP contribution in [0.1, 0.15) is 13.3 Å². The summed E-state index contributed by atoms with van der Waals surface area (Å²) in [7, 11) is 0. The standard InChI is InChI=1S/C11H12ClNO4/c1-2-9(10(14)15)17-11(16)13-8-5-3-4-7(12)6-8/h3-6,9H,2H2,1H3,(H,13,16)(H,14,15). The number of carboxylic acids is 1. The molecule has 0 radical (unpaired) electrons. The second kappa shape index (κ2) is 6.10. The highest BCUT2D eigenvalue weighted by Gasteiger charge is 2.19. The van der Waals surface area contributed by atoms with Gasteiger partial charge in [-0.15, -0.1) is 0 Å². The van der Waals surface area contributed by atoms with Crippen LogP contribution in [0.4, 0.5) is 10.5 Å². The fourth-order valence-corrected chi connectivity index (χ4v) is 1.34. The van der Waals surface area contributed by atoms with Crippen molar-refractivity contribution in [2.24, 2.45) is 0 Å². The zero-order valence-corrected chi connectivity index (χ0v) is 9.90.